The number of rotatable bonds is 5. The van der Waals surface area contributed by atoms with Gasteiger partial charge >= 0.3 is 0 Å². The highest BCUT2D eigenvalue weighted by Gasteiger charge is 2.42. The Hall–Kier alpha value is -1.58. The lowest BCUT2D eigenvalue weighted by molar-refractivity contribution is 0.0703. The molecular formula is C18H25NO2. The van der Waals surface area contributed by atoms with E-state index in [4.69, 9.17) is 4.74 Å². The van der Waals surface area contributed by atoms with Crippen LogP contribution in [0, 0.1) is 5.92 Å². The third-order valence-electron chi connectivity index (χ3n) is 4.23. The van der Waals surface area contributed by atoms with Crippen molar-refractivity contribution in [1.82, 2.24) is 4.90 Å². The molecule has 0 heterocycles. The highest BCUT2D eigenvalue weighted by molar-refractivity contribution is 5.59. The van der Waals surface area contributed by atoms with Crippen LogP contribution >= 0.6 is 0 Å². The zero-order valence-electron chi connectivity index (χ0n) is 13.2. The molecule has 2 unspecified atom stereocenters. The second-order valence-corrected chi connectivity index (χ2v) is 5.97. The van der Waals surface area contributed by atoms with Crippen molar-refractivity contribution in [2.75, 3.05) is 27.7 Å². The van der Waals surface area contributed by atoms with E-state index in [-0.39, 0.29) is 5.92 Å². The fourth-order valence-electron chi connectivity index (χ4n) is 3.10. The third kappa shape index (κ3) is 3.36. The quantitative estimate of drug-likeness (QED) is 0.845. The van der Waals surface area contributed by atoms with Gasteiger partial charge in [-0.3, -0.25) is 0 Å². The predicted octanol–water partition coefficient (Wildman–Crippen LogP) is 2.97. The summed E-state index contributed by atoms with van der Waals surface area (Å²) in [4.78, 5) is 2.12. The number of methoxy groups -OCH3 is 1. The Bertz CT molecular complexity index is 536. The average molecular weight is 287 g/mol. The van der Waals surface area contributed by atoms with E-state index in [0.29, 0.717) is 0 Å². The average Bonchev–Trinajstić information content (AvgIpc) is 2.77. The minimum atomic E-state index is -0.909. The Labute approximate surface area is 127 Å². The maximum Gasteiger partial charge on any atom is 0.119 e. The normalized spacial score (nSPS) is 27.3. The number of aliphatic hydroxyl groups is 1. The van der Waals surface area contributed by atoms with E-state index in [1.807, 2.05) is 38.4 Å². The summed E-state index contributed by atoms with van der Waals surface area (Å²) < 4.78 is 5.25. The van der Waals surface area contributed by atoms with Crippen molar-refractivity contribution in [3.8, 4) is 5.75 Å². The first kappa shape index (κ1) is 15.8. The van der Waals surface area contributed by atoms with Gasteiger partial charge in [-0.05, 0) is 50.2 Å². The zero-order valence-corrected chi connectivity index (χ0v) is 13.2. The molecule has 3 heteroatoms. The molecule has 2 rings (SSSR count). The lowest BCUT2D eigenvalue weighted by atomic mass is 9.87. The van der Waals surface area contributed by atoms with Crippen molar-refractivity contribution in [3.63, 3.8) is 0 Å². The molecule has 2 atom stereocenters. The number of benzene rings is 1. The second kappa shape index (κ2) is 6.46. The van der Waals surface area contributed by atoms with Crippen LogP contribution < -0.4 is 4.74 Å². The Morgan fingerprint density at radius 3 is 2.86 bits per heavy atom. The van der Waals surface area contributed by atoms with Gasteiger partial charge in [0.15, 0.2) is 0 Å². The molecule has 0 aromatic heterocycles. The van der Waals surface area contributed by atoms with E-state index < -0.39 is 5.60 Å². The Morgan fingerprint density at radius 1 is 1.48 bits per heavy atom. The molecule has 1 aromatic rings. The van der Waals surface area contributed by atoms with Gasteiger partial charge in [-0.1, -0.05) is 30.9 Å². The molecule has 0 radical (unpaired) electrons. The summed E-state index contributed by atoms with van der Waals surface area (Å²) in [5, 5.41) is 11.0. The molecule has 0 saturated heterocycles. The standard InChI is InChI=1S/C18H25NO2/c1-5-18(20)15(9-10-16(18)13-19(2)3)11-14-7-6-8-17(12-14)21-4/h5-8,11-12,16,20H,1,9-10,13H2,2-4H3/b15-11+. The van der Waals surface area contributed by atoms with Crippen molar-refractivity contribution in [3.05, 3.63) is 48.1 Å². The topological polar surface area (TPSA) is 32.7 Å². The first-order valence-corrected chi connectivity index (χ1v) is 7.35. The van der Waals surface area contributed by atoms with Crippen molar-refractivity contribution in [1.29, 1.82) is 0 Å². The van der Waals surface area contributed by atoms with E-state index in [1.165, 1.54) is 0 Å². The fraction of sp³-hybridized carbons (Fsp3) is 0.444. The molecule has 0 amide bonds. The van der Waals surface area contributed by atoms with Gasteiger partial charge in [-0.15, -0.1) is 0 Å². The van der Waals surface area contributed by atoms with Gasteiger partial charge in [-0.25, -0.2) is 0 Å². The lowest BCUT2D eigenvalue weighted by Gasteiger charge is -2.30. The highest BCUT2D eigenvalue weighted by atomic mass is 16.5. The number of ether oxygens (including phenoxy) is 1. The first-order chi connectivity index (χ1) is 9.99. The Morgan fingerprint density at radius 2 is 2.24 bits per heavy atom. The van der Waals surface area contributed by atoms with Gasteiger partial charge in [-0.2, -0.15) is 0 Å². The molecule has 1 aromatic carbocycles. The molecule has 114 valence electrons. The maximum absolute atomic E-state index is 11.0. The molecule has 0 spiro atoms. The number of hydrogen-bond donors (Lipinski definition) is 1. The SMILES string of the molecule is C=CC1(O)/C(=C/c2cccc(OC)c2)CCC1CN(C)C. The minimum absolute atomic E-state index is 0.196. The fourth-order valence-corrected chi connectivity index (χ4v) is 3.10. The molecular weight excluding hydrogens is 262 g/mol. The summed E-state index contributed by atoms with van der Waals surface area (Å²) in [6, 6.07) is 7.89. The smallest absolute Gasteiger partial charge is 0.119 e. The molecule has 1 aliphatic rings. The van der Waals surface area contributed by atoms with Gasteiger partial charge in [0.05, 0.1) is 7.11 Å². The van der Waals surface area contributed by atoms with Crippen LogP contribution in [0.4, 0.5) is 0 Å². The van der Waals surface area contributed by atoms with Crippen molar-refractivity contribution in [2.24, 2.45) is 5.92 Å². The summed E-state index contributed by atoms with van der Waals surface area (Å²) in [5.41, 5.74) is 1.18. The van der Waals surface area contributed by atoms with Crippen LogP contribution in [-0.4, -0.2) is 43.4 Å². The van der Waals surface area contributed by atoms with Gasteiger partial charge in [0, 0.05) is 12.5 Å². The molecule has 0 bridgehead atoms. The monoisotopic (exact) mass is 287 g/mol. The summed E-state index contributed by atoms with van der Waals surface area (Å²) in [6.07, 6.45) is 5.65. The van der Waals surface area contributed by atoms with E-state index in [0.717, 1.165) is 36.3 Å². The van der Waals surface area contributed by atoms with Crippen LogP contribution in [0.1, 0.15) is 18.4 Å². The molecule has 1 fully saturated rings. The number of nitrogens with zero attached hydrogens (tertiary/aromatic N) is 1. The van der Waals surface area contributed by atoms with Gasteiger partial charge in [0.2, 0.25) is 0 Å². The molecule has 1 N–H and O–H groups in total. The Balaban J connectivity index is 2.30. The van der Waals surface area contributed by atoms with Crippen LogP contribution in [-0.2, 0) is 0 Å². The second-order valence-electron chi connectivity index (χ2n) is 5.97. The highest BCUT2D eigenvalue weighted by Crippen LogP contribution is 2.42. The third-order valence-corrected chi connectivity index (χ3v) is 4.23. The Kier molecular flexibility index (Phi) is 4.86. The van der Waals surface area contributed by atoms with Gasteiger partial charge in [0.25, 0.3) is 0 Å². The predicted molar refractivity (Wildman–Crippen MR) is 87.4 cm³/mol. The van der Waals surface area contributed by atoms with Gasteiger partial charge in [0.1, 0.15) is 11.4 Å². The largest absolute Gasteiger partial charge is 0.497 e. The maximum atomic E-state index is 11.0. The van der Waals surface area contributed by atoms with Gasteiger partial charge < -0.3 is 14.7 Å². The van der Waals surface area contributed by atoms with Crippen molar-refractivity contribution < 1.29 is 9.84 Å². The summed E-state index contributed by atoms with van der Waals surface area (Å²) in [5.74, 6) is 1.02. The van der Waals surface area contributed by atoms with E-state index >= 15 is 0 Å². The zero-order chi connectivity index (χ0) is 15.5. The number of hydrogen-bond acceptors (Lipinski definition) is 3. The summed E-state index contributed by atoms with van der Waals surface area (Å²) in [6.45, 7) is 4.72. The van der Waals surface area contributed by atoms with E-state index in [1.54, 1.807) is 13.2 Å². The first-order valence-electron chi connectivity index (χ1n) is 7.35. The van der Waals surface area contributed by atoms with Crippen LogP contribution in [0.3, 0.4) is 0 Å². The van der Waals surface area contributed by atoms with Crippen LogP contribution in [0.5, 0.6) is 5.75 Å². The van der Waals surface area contributed by atoms with Crippen molar-refractivity contribution >= 4 is 6.08 Å². The van der Waals surface area contributed by atoms with E-state index in [2.05, 4.69) is 17.6 Å². The van der Waals surface area contributed by atoms with Crippen LogP contribution in [0.25, 0.3) is 6.08 Å². The van der Waals surface area contributed by atoms with Crippen LogP contribution in [0.15, 0.2) is 42.5 Å². The molecule has 0 aliphatic heterocycles. The van der Waals surface area contributed by atoms with Crippen LogP contribution in [0.2, 0.25) is 0 Å². The molecule has 1 aliphatic carbocycles. The summed E-state index contributed by atoms with van der Waals surface area (Å²) in [7, 11) is 5.73. The molecule has 21 heavy (non-hydrogen) atoms. The van der Waals surface area contributed by atoms with E-state index in [9.17, 15) is 5.11 Å². The summed E-state index contributed by atoms with van der Waals surface area (Å²) >= 11 is 0. The molecule has 3 nitrogen and oxygen atoms in total. The van der Waals surface area contributed by atoms with Crippen molar-refractivity contribution in [2.45, 2.75) is 18.4 Å². The minimum Gasteiger partial charge on any atom is -0.497 e. The lowest BCUT2D eigenvalue weighted by Crippen LogP contribution is -2.38. The molecule has 1 saturated carbocycles.